The first-order chi connectivity index (χ1) is 9.94. The van der Waals surface area contributed by atoms with Crippen molar-refractivity contribution in [1.29, 1.82) is 0 Å². The largest absolute Gasteiger partial charge is 0.457 e. The first-order valence-corrected chi connectivity index (χ1v) is 8.08. The molecule has 0 aliphatic carbocycles. The number of hydrogen-bond donors (Lipinski definition) is 2. The van der Waals surface area contributed by atoms with Crippen LogP contribution in [0.5, 0.6) is 0 Å². The van der Waals surface area contributed by atoms with Gasteiger partial charge in [-0.3, -0.25) is 4.57 Å². The number of esters is 1. The molecule has 110 valence electrons. The van der Waals surface area contributed by atoms with Gasteiger partial charge < -0.3 is 14.5 Å². The molecule has 0 aliphatic rings. The van der Waals surface area contributed by atoms with Crippen LogP contribution in [-0.4, -0.2) is 15.8 Å². The molecule has 0 unspecified atom stereocenters. The van der Waals surface area contributed by atoms with Gasteiger partial charge in [-0.15, -0.1) is 0 Å². The number of ether oxygens (including phenoxy) is 1. The van der Waals surface area contributed by atoms with Crippen LogP contribution in [0.15, 0.2) is 54.6 Å². The summed E-state index contributed by atoms with van der Waals surface area (Å²) >= 11 is 0. The third kappa shape index (κ3) is 5.16. The van der Waals surface area contributed by atoms with Crippen LogP contribution in [0.25, 0.3) is 0 Å². The number of rotatable bonds is 5. The topological polar surface area (TPSA) is 83.8 Å². The summed E-state index contributed by atoms with van der Waals surface area (Å²) < 4.78 is 16.0. The van der Waals surface area contributed by atoms with E-state index in [1.54, 1.807) is 0 Å². The molecule has 0 fully saturated rings. The molecule has 0 bridgehead atoms. The molecule has 0 aliphatic heterocycles. The maximum Gasteiger partial charge on any atom is 0.338 e. The second-order valence-corrected chi connectivity index (χ2v) is 6.23. The molecule has 0 atom stereocenters. The van der Waals surface area contributed by atoms with E-state index in [9.17, 15) is 9.36 Å². The van der Waals surface area contributed by atoms with Crippen LogP contribution in [0.1, 0.15) is 21.5 Å². The van der Waals surface area contributed by atoms with Crippen LogP contribution in [-0.2, 0) is 22.1 Å². The van der Waals surface area contributed by atoms with E-state index in [0.29, 0.717) is 11.1 Å². The quantitative estimate of drug-likeness (QED) is 0.655. The zero-order valence-corrected chi connectivity index (χ0v) is 12.1. The van der Waals surface area contributed by atoms with Crippen LogP contribution in [0, 0.1) is 0 Å². The van der Waals surface area contributed by atoms with E-state index < -0.39 is 13.6 Å². The van der Waals surface area contributed by atoms with Crippen molar-refractivity contribution >= 4 is 13.6 Å². The average molecular weight is 306 g/mol. The van der Waals surface area contributed by atoms with Crippen molar-refractivity contribution in [3.8, 4) is 0 Å². The summed E-state index contributed by atoms with van der Waals surface area (Å²) in [6.07, 6.45) is -0.341. The highest BCUT2D eigenvalue weighted by molar-refractivity contribution is 7.50. The van der Waals surface area contributed by atoms with Crippen molar-refractivity contribution in [2.75, 3.05) is 0 Å². The summed E-state index contributed by atoms with van der Waals surface area (Å²) in [4.78, 5) is 29.6. The number of benzene rings is 2. The Kier molecular flexibility index (Phi) is 4.91. The Bertz CT molecular complexity index is 646. The van der Waals surface area contributed by atoms with Crippen molar-refractivity contribution in [2.45, 2.75) is 12.8 Å². The average Bonchev–Trinajstić information content (AvgIpc) is 2.45. The van der Waals surface area contributed by atoms with Crippen LogP contribution in [0.2, 0.25) is 0 Å². The van der Waals surface area contributed by atoms with Gasteiger partial charge >= 0.3 is 13.6 Å². The van der Waals surface area contributed by atoms with Crippen molar-refractivity contribution in [3.63, 3.8) is 0 Å². The number of carbonyl (C=O) groups excluding carboxylic acids is 1. The van der Waals surface area contributed by atoms with Crippen LogP contribution >= 0.6 is 7.60 Å². The van der Waals surface area contributed by atoms with E-state index in [2.05, 4.69) is 0 Å². The predicted octanol–water partition coefficient (Wildman–Crippen LogP) is 2.72. The van der Waals surface area contributed by atoms with E-state index in [4.69, 9.17) is 14.5 Å². The standard InChI is InChI=1S/C15H15O5P/c16-15(20-10-12-4-2-1-3-5-12)14-8-6-13(7-9-14)11-21(17,18)19/h1-9H,10-11H2,(H2,17,18,19). The molecule has 2 aromatic carbocycles. The third-order valence-electron chi connectivity index (χ3n) is 2.79. The minimum atomic E-state index is -4.10. The molecule has 0 spiro atoms. The molecule has 2 rings (SSSR count). The van der Waals surface area contributed by atoms with Crippen LogP contribution in [0.3, 0.4) is 0 Å². The van der Waals surface area contributed by atoms with E-state index in [1.165, 1.54) is 24.3 Å². The van der Waals surface area contributed by atoms with Crippen LogP contribution < -0.4 is 0 Å². The molecular formula is C15H15O5P. The SMILES string of the molecule is O=C(OCc1ccccc1)c1ccc(CP(=O)(O)O)cc1. The Labute approximate surface area is 122 Å². The molecular weight excluding hydrogens is 291 g/mol. The van der Waals surface area contributed by atoms with Gasteiger partial charge in [0.2, 0.25) is 0 Å². The molecule has 0 saturated heterocycles. The molecule has 21 heavy (non-hydrogen) atoms. The zero-order chi connectivity index (χ0) is 15.3. The fourth-order valence-corrected chi connectivity index (χ4v) is 2.48. The van der Waals surface area contributed by atoms with Crippen LogP contribution in [0.4, 0.5) is 0 Å². The lowest BCUT2D eigenvalue weighted by molar-refractivity contribution is 0.0472. The summed E-state index contributed by atoms with van der Waals surface area (Å²) in [5.74, 6) is -0.471. The predicted molar refractivity (Wildman–Crippen MR) is 77.8 cm³/mol. The first kappa shape index (κ1) is 15.4. The molecule has 0 amide bonds. The van der Waals surface area contributed by atoms with E-state index >= 15 is 0 Å². The van der Waals surface area contributed by atoms with Gasteiger partial charge in [0.15, 0.2) is 0 Å². The van der Waals surface area contributed by atoms with Gasteiger partial charge in [-0.25, -0.2) is 4.79 Å². The molecule has 2 aromatic rings. The van der Waals surface area contributed by atoms with Gasteiger partial charge in [0, 0.05) is 0 Å². The first-order valence-electron chi connectivity index (χ1n) is 6.28. The lowest BCUT2D eigenvalue weighted by Crippen LogP contribution is -2.05. The molecule has 0 saturated carbocycles. The highest BCUT2D eigenvalue weighted by Crippen LogP contribution is 2.38. The van der Waals surface area contributed by atoms with Gasteiger partial charge in [-0.1, -0.05) is 42.5 Å². The molecule has 5 nitrogen and oxygen atoms in total. The maximum absolute atomic E-state index is 11.8. The molecule has 0 heterocycles. The second-order valence-electron chi connectivity index (χ2n) is 4.58. The second kappa shape index (κ2) is 6.68. The number of hydrogen-bond acceptors (Lipinski definition) is 3. The summed E-state index contributed by atoms with van der Waals surface area (Å²) in [5, 5.41) is 0. The Morgan fingerprint density at radius 3 is 2.14 bits per heavy atom. The third-order valence-corrected chi connectivity index (χ3v) is 3.57. The van der Waals surface area contributed by atoms with E-state index in [1.807, 2.05) is 30.3 Å². The van der Waals surface area contributed by atoms with Gasteiger partial charge in [0.25, 0.3) is 0 Å². The smallest absolute Gasteiger partial charge is 0.338 e. The molecule has 0 radical (unpaired) electrons. The monoisotopic (exact) mass is 306 g/mol. The summed E-state index contributed by atoms with van der Waals surface area (Å²) in [6, 6.07) is 15.3. The Balaban J connectivity index is 1.95. The van der Waals surface area contributed by atoms with Crippen molar-refractivity contribution in [3.05, 3.63) is 71.3 Å². The highest BCUT2D eigenvalue weighted by atomic mass is 31.2. The zero-order valence-electron chi connectivity index (χ0n) is 11.2. The van der Waals surface area contributed by atoms with Gasteiger partial charge in [0.05, 0.1) is 11.7 Å². The van der Waals surface area contributed by atoms with Crippen molar-refractivity contribution < 1.29 is 23.9 Å². The van der Waals surface area contributed by atoms with Gasteiger partial charge in [-0.05, 0) is 23.3 Å². The molecule has 2 N–H and O–H groups in total. The fraction of sp³-hybridized carbons (Fsp3) is 0.133. The number of carbonyl (C=O) groups is 1. The molecule has 0 aromatic heterocycles. The minimum absolute atomic E-state index is 0.184. The maximum atomic E-state index is 11.8. The normalized spacial score (nSPS) is 11.1. The Hall–Kier alpha value is -1.94. The Morgan fingerprint density at radius 1 is 0.952 bits per heavy atom. The fourth-order valence-electron chi connectivity index (χ4n) is 1.79. The lowest BCUT2D eigenvalue weighted by atomic mass is 10.1. The summed E-state index contributed by atoms with van der Waals surface area (Å²) in [7, 11) is -4.10. The lowest BCUT2D eigenvalue weighted by Gasteiger charge is -2.07. The Morgan fingerprint density at radius 2 is 1.57 bits per heavy atom. The van der Waals surface area contributed by atoms with E-state index in [-0.39, 0.29) is 12.8 Å². The summed E-state index contributed by atoms with van der Waals surface area (Å²) in [6.45, 7) is 0.184. The summed E-state index contributed by atoms with van der Waals surface area (Å²) in [5.41, 5.74) is 1.72. The molecule has 6 heteroatoms. The van der Waals surface area contributed by atoms with Gasteiger partial charge in [-0.2, -0.15) is 0 Å². The van der Waals surface area contributed by atoms with Crippen molar-refractivity contribution in [1.82, 2.24) is 0 Å². The highest BCUT2D eigenvalue weighted by Gasteiger charge is 2.14. The van der Waals surface area contributed by atoms with Crippen molar-refractivity contribution in [2.24, 2.45) is 0 Å². The van der Waals surface area contributed by atoms with E-state index in [0.717, 1.165) is 5.56 Å². The van der Waals surface area contributed by atoms with Gasteiger partial charge in [0.1, 0.15) is 6.61 Å². The minimum Gasteiger partial charge on any atom is -0.457 e.